The van der Waals surface area contributed by atoms with Crippen molar-refractivity contribution in [1.82, 2.24) is 4.90 Å². The molecule has 0 radical (unpaired) electrons. The topological polar surface area (TPSA) is 46.6 Å². The predicted octanol–water partition coefficient (Wildman–Crippen LogP) is 4.84. The molecule has 0 spiro atoms. The molecule has 144 valence electrons. The van der Waals surface area contributed by atoms with E-state index in [1.165, 1.54) is 7.11 Å². The van der Waals surface area contributed by atoms with E-state index in [9.17, 15) is 9.59 Å². The second kappa shape index (κ2) is 9.05. The van der Waals surface area contributed by atoms with Gasteiger partial charge in [0.15, 0.2) is 0 Å². The maximum atomic E-state index is 13.1. The van der Waals surface area contributed by atoms with Crippen LogP contribution in [0.1, 0.15) is 48.7 Å². The normalized spacial score (nSPS) is 11.1. The molecule has 0 atom stereocenters. The summed E-state index contributed by atoms with van der Waals surface area (Å²) in [7, 11) is 1.34. The van der Waals surface area contributed by atoms with Crippen LogP contribution >= 0.6 is 11.6 Å². The zero-order valence-electron chi connectivity index (χ0n) is 16.3. The molecule has 5 heteroatoms. The Morgan fingerprint density at radius 2 is 1.67 bits per heavy atom. The molecule has 0 aromatic heterocycles. The molecule has 2 aromatic carbocycles. The first-order chi connectivity index (χ1) is 12.7. The lowest BCUT2D eigenvalue weighted by Gasteiger charge is -2.24. The number of nitrogens with zero attached hydrogens (tertiary/aromatic N) is 1. The molecule has 0 bridgehead atoms. The molecule has 2 rings (SSSR count). The fourth-order valence-corrected chi connectivity index (χ4v) is 2.90. The van der Waals surface area contributed by atoms with Crippen LogP contribution in [0.3, 0.4) is 0 Å². The summed E-state index contributed by atoms with van der Waals surface area (Å²) >= 11 is 6.25. The van der Waals surface area contributed by atoms with Gasteiger partial charge in [-0.1, -0.05) is 62.7 Å². The number of carbonyl (C=O) groups is 2. The SMILES string of the molecule is COC(=O)CCN(Cc1ccccc1Cl)C(=O)c1ccc(C(C)(C)C)cc1. The van der Waals surface area contributed by atoms with Gasteiger partial charge in [-0.15, -0.1) is 0 Å². The van der Waals surface area contributed by atoms with Crippen molar-refractivity contribution in [2.75, 3.05) is 13.7 Å². The minimum Gasteiger partial charge on any atom is -0.469 e. The van der Waals surface area contributed by atoms with Crippen LogP contribution in [0.5, 0.6) is 0 Å². The summed E-state index contributed by atoms with van der Waals surface area (Å²) < 4.78 is 4.71. The Hall–Kier alpha value is -2.33. The summed E-state index contributed by atoms with van der Waals surface area (Å²) in [5, 5.41) is 0.594. The van der Waals surface area contributed by atoms with Gasteiger partial charge < -0.3 is 9.64 Å². The number of esters is 1. The van der Waals surface area contributed by atoms with Crippen LogP contribution in [-0.4, -0.2) is 30.4 Å². The van der Waals surface area contributed by atoms with Gasteiger partial charge in [0.2, 0.25) is 0 Å². The van der Waals surface area contributed by atoms with Crippen molar-refractivity contribution >= 4 is 23.5 Å². The maximum absolute atomic E-state index is 13.1. The minimum absolute atomic E-state index is 0.0176. The molecule has 1 amide bonds. The average molecular weight is 388 g/mol. The summed E-state index contributed by atoms with van der Waals surface area (Å²) in [4.78, 5) is 26.2. The van der Waals surface area contributed by atoms with Crippen LogP contribution in [0, 0.1) is 0 Å². The van der Waals surface area contributed by atoms with Gasteiger partial charge in [0, 0.05) is 23.7 Å². The Morgan fingerprint density at radius 3 is 2.22 bits per heavy atom. The highest BCUT2D eigenvalue weighted by Gasteiger charge is 2.20. The highest BCUT2D eigenvalue weighted by molar-refractivity contribution is 6.31. The van der Waals surface area contributed by atoms with Crippen LogP contribution < -0.4 is 0 Å². The van der Waals surface area contributed by atoms with E-state index >= 15 is 0 Å². The molecule has 0 fully saturated rings. The number of rotatable bonds is 6. The summed E-state index contributed by atoms with van der Waals surface area (Å²) in [6, 6.07) is 15.0. The van der Waals surface area contributed by atoms with E-state index in [0.29, 0.717) is 17.1 Å². The molecule has 0 aliphatic carbocycles. The zero-order valence-corrected chi connectivity index (χ0v) is 17.0. The number of carbonyl (C=O) groups excluding carboxylic acids is 2. The minimum atomic E-state index is -0.352. The Bertz CT molecular complexity index is 794. The first kappa shape index (κ1) is 21.0. The standard InChI is InChI=1S/C22H26ClNO3/c1-22(2,3)18-11-9-16(10-12-18)21(26)24(14-13-20(25)27-4)15-17-7-5-6-8-19(17)23/h5-12H,13-15H2,1-4H3. The third-order valence-electron chi connectivity index (χ3n) is 4.42. The Morgan fingerprint density at radius 1 is 1.04 bits per heavy atom. The van der Waals surface area contributed by atoms with Crippen LogP contribution in [0.15, 0.2) is 48.5 Å². The molecule has 0 unspecified atom stereocenters. The third-order valence-corrected chi connectivity index (χ3v) is 4.79. The molecule has 0 saturated heterocycles. The summed E-state index contributed by atoms with van der Waals surface area (Å²) in [5.41, 5.74) is 2.60. The van der Waals surface area contributed by atoms with Crippen molar-refractivity contribution in [1.29, 1.82) is 0 Å². The summed E-state index contributed by atoms with van der Waals surface area (Å²) in [6.45, 7) is 6.98. The number of hydrogen-bond donors (Lipinski definition) is 0. The van der Waals surface area contributed by atoms with Crippen molar-refractivity contribution in [3.05, 3.63) is 70.2 Å². The second-order valence-electron chi connectivity index (χ2n) is 7.47. The number of halogens is 1. The molecule has 0 heterocycles. The number of benzene rings is 2. The summed E-state index contributed by atoms with van der Waals surface area (Å²) in [5.74, 6) is -0.491. The van der Waals surface area contributed by atoms with E-state index in [2.05, 4.69) is 20.8 Å². The van der Waals surface area contributed by atoms with Gasteiger partial charge in [-0.25, -0.2) is 0 Å². The molecule has 0 aliphatic rings. The fourth-order valence-electron chi connectivity index (χ4n) is 2.71. The van der Waals surface area contributed by atoms with E-state index in [1.807, 2.05) is 42.5 Å². The van der Waals surface area contributed by atoms with Gasteiger partial charge in [0.25, 0.3) is 5.91 Å². The van der Waals surface area contributed by atoms with Gasteiger partial charge in [-0.2, -0.15) is 0 Å². The Kier molecular flexibility index (Phi) is 7.03. The van der Waals surface area contributed by atoms with E-state index in [0.717, 1.165) is 11.1 Å². The largest absolute Gasteiger partial charge is 0.469 e. The summed E-state index contributed by atoms with van der Waals surface area (Å²) in [6.07, 6.45) is 0.132. The van der Waals surface area contributed by atoms with Crippen LogP contribution in [0.4, 0.5) is 0 Å². The number of methoxy groups -OCH3 is 1. The maximum Gasteiger partial charge on any atom is 0.307 e. The third kappa shape index (κ3) is 5.83. The number of hydrogen-bond acceptors (Lipinski definition) is 3. The van der Waals surface area contributed by atoms with Gasteiger partial charge in [0.1, 0.15) is 0 Å². The van der Waals surface area contributed by atoms with Crippen molar-refractivity contribution in [2.45, 2.75) is 39.2 Å². The molecule has 0 N–H and O–H groups in total. The first-order valence-electron chi connectivity index (χ1n) is 8.92. The Labute approximate surface area is 166 Å². The molecular weight excluding hydrogens is 362 g/mol. The van der Waals surface area contributed by atoms with E-state index in [-0.39, 0.29) is 30.3 Å². The molecule has 4 nitrogen and oxygen atoms in total. The highest BCUT2D eigenvalue weighted by Crippen LogP contribution is 2.23. The van der Waals surface area contributed by atoms with Crippen molar-refractivity contribution in [3.8, 4) is 0 Å². The van der Waals surface area contributed by atoms with E-state index in [1.54, 1.807) is 11.0 Å². The van der Waals surface area contributed by atoms with Gasteiger partial charge in [-0.3, -0.25) is 9.59 Å². The second-order valence-corrected chi connectivity index (χ2v) is 7.88. The average Bonchev–Trinajstić information content (AvgIpc) is 2.65. The van der Waals surface area contributed by atoms with Crippen LogP contribution in [-0.2, 0) is 21.5 Å². The quantitative estimate of drug-likeness (QED) is 0.666. The van der Waals surface area contributed by atoms with Crippen LogP contribution in [0.2, 0.25) is 5.02 Å². The number of ether oxygens (including phenoxy) is 1. The lowest BCUT2D eigenvalue weighted by Crippen LogP contribution is -2.33. The molecule has 0 saturated carbocycles. The smallest absolute Gasteiger partial charge is 0.307 e. The fraction of sp³-hybridized carbons (Fsp3) is 0.364. The van der Waals surface area contributed by atoms with Crippen molar-refractivity contribution < 1.29 is 14.3 Å². The predicted molar refractivity (Wildman–Crippen MR) is 108 cm³/mol. The Balaban J connectivity index is 2.24. The lowest BCUT2D eigenvalue weighted by molar-refractivity contribution is -0.140. The van der Waals surface area contributed by atoms with E-state index in [4.69, 9.17) is 16.3 Å². The van der Waals surface area contributed by atoms with Gasteiger partial charge >= 0.3 is 5.97 Å². The molecule has 2 aromatic rings. The molecule has 0 aliphatic heterocycles. The van der Waals surface area contributed by atoms with Crippen LogP contribution in [0.25, 0.3) is 0 Å². The zero-order chi connectivity index (χ0) is 20.0. The van der Waals surface area contributed by atoms with Crippen molar-refractivity contribution in [3.63, 3.8) is 0 Å². The monoisotopic (exact) mass is 387 g/mol. The van der Waals surface area contributed by atoms with E-state index < -0.39 is 0 Å². The van der Waals surface area contributed by atoms with Gasteiger partial charge in [-0.05, 0) is 34.7 Å². The lowest BCUT2D eigenvalue weighted by atomic mass is 9.86. The molecule has 27 heavy (non-hydrogen) atoms. The highest BCUT2D eigenvalue weighted by atomic mass is 35.5. The van der Waals surface area contributed by atoms with Gasteiger partial charge in [0.05, 0.1) is 13.5 Å². The molecular formula is C22H26ClNO3. The number of amides is 1. The van der Waals surface area contributed by atoms with Crippen molar-refractivity contribution in [2.24, 2.45) is 0 Å². The first-order valence-corrected chi connectivity index (χ1v) is 9.30.